The van der Waals surface area contributed by atoms with Crippen molar-refractivity contribution in [3.63, 3.8) is 0 Å². The average molecular weight is 113 g/mol. The highest BCUT2D eigenvalue weighted by atomic mass is 15.5. The Labute approximate surface area is 49.1 Å². The van der Waals surface area contributed by atoms with Gasteiger partial charge in [0.1, 0.15) is 5.82 Å². The van der Waals surface area contributed by atoms with Crippen LogP contribution < -0.4 is 11.2 Å². The van der Waals surface area contributed by atoms with E-state index >= 15 is 0 Å². The second-order valence-electron chi connectivity index (χ2n) is 2.07. The molecule has 0 aromatic rings. The minimum atomic E-state index is 0.389. The van der Waals surface area contributed by atoms with E-state index in [2.05, 4.69) is 12.3 Å². The fourth-order valence-electron chi connectivity index (χ4n) is 0.785. The maximum atomic E-state index is 5.49. The van der Waals surface area contributed by atoms with Crippen molar-refractivity contribution in [2.75, 3.05) is 7.05 Å². The van der Waals surface area contributed by atoms with Crippen molar-refractivity contribution in [2.24, 2.45) is 5.73 Å². The molecule has 3 N–H and O–H groups in total. The molecule has 1 aliphatic rings. The normalized spacial score (nSPS) is 28.5. The first kappa shape index (κ1) is 5.44. The highest BCUT2D eigenvalue weighted by Gasteiger charge is 2.11. The van der Waals surface area contributed by atoms with Crippen LogP contribution in [0.15, 0.2) is 11.9 Å². The van der Waals surface area contributed by atoms with Gasteiger partial charge in [0.05, 0.1) is 0 Å². The quantitative estimate of drug-likeness (QED) is 0.450. The van der Waals surface area contributed by atoms with Gasteiger partial charge in [0.2, 0.25) is 0 Å². The highest BCUT2D eigenvalue weighted by molar-refractivity contribution is 5.04. The van der Waals surface area contributed by atoms with Gasteiger partial charge in [-0.25, -0.2) is 5.43 Å². The zero-order valence-corrected chi connectivity index (χ0v) is 5.18. The molecule has 0 radical (unpaired) electrons. The van der Waals surface area contributed by atoms with Crippen molar-refractivity contribution in [3.8, 4) is 0 Å². The first-order valence-corrected chi connectivity index (χ1v) is 2.67. The number of rotatable bonds is 0. The van der Waals surface area contributed by atoms with Crippen LogP contribution in [-0.4, -0.2) is 18.1 Å². The fraction of sp³-hybridized carbons (Fsp3) is 0.600. The molecule has 0 amide bonds. The largest absolute Gasteiger partial charge is 0.385 e. The number of hydrogen-bond acceptors (Lipinski definition) is 3. The summed E-state index contributed by atoms with van der Waals surface area (Å²) in [5.74, 6) is 0.803. The summed E-state index contributed by atoms with van der Waals surface area (Å²) in [5.41, 5.74) is 8.58. The monoisotopic (exact) mass is 113 g/mol. The lowest BCUT2D eigenvalue weighted by molar-refractivity contribution is 0.313. The van der Waals surface area contributed by atoms with Gasteiger partial charge in [0, 0.05) is 13.1 Å². The van der Waals surface area contributed by atoms with Crippen LogP contribution in [0.4, 0.5) is 0 Å². The van der Waals surface area contributed by atoms with Crippen molar-refractivity contribution >= 4 is 0 Å². The highest BCUT2D eigenvalue weighted by Crippen LogP contribution is 2.01. The van der Waals surface area contributed by atoms with Gasteiger partial charge in [0.25, 0.3) is 0 Å². The Hall–Kier alpha value is -0.700. The van der Waals surface area contributed by atoms with Crippen molar-refractivity contribution < 1.29 is 0 Å². The van der Waals surface area contributed by atoms with Crippen molar-refractivity contribution in [1.29, 1.82) is 0 Å². The first-order chi connectivity index (χ1) is 3.70. The molecule has 0 bridgehead atoms. The SMILES string of the molecule is CC1C=C(N)N(C)N1. The summed E-state index contributed by atoms with van der Waals surface area (Å²) in [6, 6.07) is 0.389. The summed E-state index contributed by atoms with van der Waals surface area (Å²) >= 11 is 0. The lowest BCUT2D eigenvalue weighted by Gasteiger charge is -2.13. The predicted molar refractivity (Wildman–Crippen MR) is 32.6 cm³/mol. The standard InChI is InChI=1S/C5H11N3/c1-4-3-5(6)8(2)7-4/h3-4,7H,6H2,1-2H3. The van der Waals surface area contributed by atoms with E-state index in [9.17, 15) is 0 Å². The van der Waals surface area contributed by atoms with Crippen molar-refractivity contribution in [3.05, 3.63) is 11.9 Å². The zero-order valence-electron chi connectivity index (χ0n) is 5.18. The Morgan fingerprint density at radius 3 is 2.62 bits per heavy atom. The van der Waals surface area contributed by atoms with E-state index in [4.69, 9.17) is 5.73 Å². The molecular formula is C5H11N3. The molecule has 0 spiro atoms. The lowest BCUT2D eigenvalue weighted by Crippen LogP contribution is -2.33. The van der Waals surface area contributed by atoms with Crippen LogP contribution in [0, 0.1) is 0 Å². The van der Waals surface area contributed by atoms with Crippen LogP contribution in [0.2, 0.25) is 0 Å². The number of nitrogens with one attached hydrogen (secondary N) is 1. The van der Waals surface area contributed by atoms with Gasteiger partial charge in [-0.2, -0.15) is 0 Å². The van der Waals surface area contributed by atoms with E-state index in [1.165, 1.54) is 0 Å². The maximum absolute atomic E-state index is 5.49. The Morgan fingerprint density at radius 1 is 1.88 bits per heavy atom. The van der Waals surface area contributed by atoms with E-state index < -0.39 is 0 Å². The topological polar surface area (TPSA) is 41.3 Å². The average Bonchev–Trinajstić information content (AvgIpc) is 1.85. The summed E-state index contributed by atoms with van der Waals surface area (Å²) in [5, 5.41) is 1.81. The van der Waals surface area contributed by atoms with E-state index in [1.807, 2.05) is 18.1 Å². The van der Waals surface area contributed by atoms with Crippen molar-refractivity contribution in [1.82, 2.24) is 10.4 Å². The third kappa shape index (κ3) is 0.767. The Balaban J connectivity index is 2.59. The van der Waals surface area contributed by atoms with Gasteiger partial charge in [-0.05, 0) is 13.0 Å². The fourth-order valence-corrected chi connectivity index (χ4v) is 0.785. The van der Waals surface area contributed by atoms with Crippen LogP contribution in [0.25, 0.3) is 0 Å². The van der Waals surface area contributed by atoms with Gasteiger partial charge in [-0.3, -0.25) is 5.01 Å². The summed E-state index contributed by atoms with van der Waals surface area (Å²) in [6.45, 7) is 2.05. The molecule has 0 fully saturated rings. The minimum Gasteiger partial charge on any atom is -0.385 e. The minimum absolute atomic E-state index is 0.389. The molecule has 0 saturated carbocycles. The van der Waals surface area contributed by atoms with Gasteiger partial charge in [-0.15, -0.1) is 0 Å². The molecule has 1 atom stereocenters. The Kier molecular flexibility index (Phi) is 1.13. The van der Waals surface area contributed by atoms with Crippen LogP contribution in [0.3, 0.4) is 0 Å². The molecule has 46 valence electrons. The number of nitrogens with two attached hydrogens (primary N) is 1. The second kappa shape index (κ2) is 1.67. The number of nitrogens with zero attached hydrogens (tertiary/aromatic N) is 1. The van der Waals surface area contributed by atoms with Gasteiger partial charge >= 0.3 is 0 Å². The summed E-state index contributed by atoms with van der Waals surface area (Å²) in [7, 11) is 1.90. The summed E-state index contributed by atoms with van der Waals surface area (Å²) in [4.78, 5) is 0. The molecular weight excluding hydrogens is 102 g/mol. The van der Waals surface area contributed by atoms with E-state index in [0.29, 0.717) is 6.04 Å². The summed E-state index contributed by atoms with van der Waals surface area (Å²) in [6.07, 6.45) is 1.97. The predicted octanol–water partition coefficient (Wildman–Crippen LogP) is -0.375. The first-order valence-electron chi connectivity index (χ1n) is 2.67. The Morgan fingerprint density at radius 2 is 2.50 bits per heavy atom. The van der Waals surface area contributed by atoms with Gasteiger partial charge in [-0.1, -0.05) is 0 Å². The third-order valence-electron chi connectivity index (χ3n) is 1.21. The smallest absolute Gasteiger partial charge is 0.110 e. The molecule has 1 heterocycles. The van der Waals surface area contributed by atoms with E-state index in [0.717, 1.165) is 5.82 Å². The van der Waals surface area contributed by atoms with Crippen LogP contribution in [0.1, 0.15) is 6.92 Å². The molecule has 3 heteroatoms. The molecule has 3 nitrogen and oxygen atoms in total. The maximum Gasteiger partial charge on any atom is 0.110 e. The third-order valence-corrected chi connectivity index (χ3v) is 1.21. The van der Waals surface area contributed by atoms with E-state index in [-0.39, 0.29) is 0 Å². The van der Waals surface area contributed by atoms with E-state index in [1.54, 1.807) is 0 Å². The molecule has 1 unspecified atom stereocenters. The number of hydrogen-bond donors (Lipinski definition) is 2. The molecule has 0 saturated heterocycles. The molecule has 1 rings (SSSR count). The molecule has 0 aromatic carbocycles. The second-order valence-corrected chi connectivity index (χ2v) is 2.07. The van der Waals surface area contributed by atoms with Crippen LogP contribution >= 0.6 is 0 Å². The van der Waals surface area contributed by atoms with Gasteiger partial charge in [0.15, 0.2) is 0 Å². The lowest BCUT2D eigenvalue weighted by atomic mass is 10.4. The van der Waals surface area contributed by atoms with Crippen molar-refractivity contribution in [2.45, 2.75) is 13.0 Å². The molecule has 1 aliphatic heterocycles. The molecule has 8 heavy (non-hydrogen) atoms. The van der Waals surface area contributed by atoms with Crippen LogP contribution in [0.5, 0.6) is 0 Å². The Bertz CT molecular complexity index is 119. The summed E-state index contributed by atoms with van der Waals surface area (Å²) < 4.78 is 0. The number of hydrazine groups is 1. The molecule has 0 aliphatic carbocycles. The van der Waals surface area contributed by atoms with Crippen LogP contribution in [-0.2, 0) is 0 Å². The molecule has 0 aromatic heterocycles. The zero-order chi connectivity index (χ0) is 6.15. The van der Waals surface area contributed by atoms with Gasteiger partial charge < -0.3 is 5.73 Å².